The van der Waals surface area contributed by atoms with Crippen LogP contribution in [0, 0.1) is 5.82 Å². The minimum atomic E-state index is -0.845. The second kappa shape index (κ2) is 13.0. The molecule has 5 rings (SSSR count). The molecule has 0 N–H and O–H groups in total. The van der Waals surface area contributed by atoms with E-state index in [1.165, 1.54) is 36.2 Å². The largest absolute Gasteiger partial charge is 0.493 e. The third-order valence-electron chi connectivity index (χ3n) is 6.82. The van der Waals surface area contributed by atoms with Gasteiger partial charge in [0.05, 0.1) is 42.7 Å². The van der Waals surface area contributed by atoms with Gasteiger partial charge >= 0.3 is 5.97 Å². The van der Waals surface area contributed by atoms with Gasteiger partial charge in [-0.3, -0.25) is 9.36 Å². The van der Waals surface area contributed by atoms with E-state index >= 15 is 0 Å². The van der Waals surface area contributed by atoms with Gasteiger partial charge in [0, 0.05) is 10.0 Å². The van der Waals surface area contributed by atoms with E-state index in [0.29, 0.717) is 53.4 Å². The predicted octanol–water partition coefficient (Wildman–Crippen LogP) is 5.30. The number of carbonyl (C=O) groups is 1. The lowest BCUT2D eigenvalue weighted by Gasteiger charge is -2.26. The van der Waals surface area contributed by atoms with Crippen LogP contribution >= 0.6 is 27.3 Å². The number of rotatable bonds is 9. The molecule has 43 heavy (non-hydrogen) atoms. The summed E-state index contributed by atoms with van der Waals surface area (Å²) in [6.45, 7) is 3.67. The number of aromatic nitrogens is 1. The summed E-state index contributed by atoms with van der Waals surface area (Å²) in [5.41, 5.74) is 2.11. The molecule has 0 spiro atoms. The molecule has 8 nitrogen and oxygen atoms in total. The van der Waals surface area contributed by atoms with Crippen LogP contribution in [-0.4, -0.2) is 31.4 Å². The van der Waals surface area contributed by atoms with Gasteiger partial charge in [-0.2, -0.15) is 0 Å². The van der Waals surface area contributed by atoms with Gasteiger partial charge in [0.2, 0.25) is 0 Å². The molecule has 1 aromatic heterocycles. The molecule has 0 saturated carbocycles. The van der Waals surface area contributed by atoms with Gasteiger partial charge in [-0.05, 0) is 61.4 Å². The quantitative estimate of drug-likeness (QED) is 0.226. The first kappa shape index (κ1) is 30.2. The highest BCUT2D eigenvalue weighted by molar-refractivity contribution is 9.10. The predicted molar refractivity (Wildman–Crippen MR) is 165 cm³/mol. The Kier molecular flexibility index (Phi) is 9.12. The molecule has 11 heteroatoms. The molecule has 1 aliphatic heterocycles. The van der Waals surface area contributed by atoms with Crippen LogP contribution in [-0.2, 0) is 16.1 Å². The van der Waals surface area contributed by atoms with Crippen molar-refractivity contribution in [2.75, 3.05) is 20.8 Å². The van der Waals surface area contributed by atoms with Crippen LogP contribution in [0.25, 0.3) is 6.08 Å². The van der Waals surface area contributed by atoms with Crippen molar-refractivity contribution in [3.8, 4) is 17.2 Å². The molecule has 0 fully saturated rings. The second-order valence-corrected chi connectivity index (χ2v) is 11.3. The van der Waals surface area contributed by atoms with E-state index in [-0.39, 0.29) is 30.2 Å². The summed E-state index contributed by atoms with van der Waals surface area (Å²) >= 11 is 4.81. The number of nitrogens with zero attached hydrogens (tertiary/aromatic N) is 2. The van der Waals surface area contributed by atoms with E-state index in [0.717, 1.165) is 0 Å². The number of halogens is 2. The molecular formula is C32H28BrFN2O6S. The summed E-state index contributed by atoms with van der Waals surface area (Å²) in [5.74, 6) is 0.545. The van der Waals surface area contributed by atoms with Crippen molar-refractivity contribution in [1.29, 1.82) is 0 Å². The fourth-order valence-electron chi connectivity index (χ4n) is 4.79. The van der Waals surface area contributed by atoms with Crippen molar-refractivity contribution in [3.05, 3.63) is 119 Å². The molecule has 222 valence electrons. The molecule has 0 amide bonds. The van der Waals surface area contributed by atoms with Gasteiger partial charge in [-0.15, -0.1) is 0 Å². The maximum atomic E-state index is 14.0. The number of thiazole rings is 1. The van der Waals surface area contributed by atoms with Gasteiger partial charge in [-0.25, -0.2) is 14.2 Å². The maximum Gasteiger partial charge on any atom is 0.338 e. The summed E-state index contributed by atoms with van der Waals surface area (Å²) in [7, 11) is 3.05. The molecule has 1 atom stereocenters. The van der Waals surface area contributed by atoms with Crippen LogP contribution in [0.15, 0.2) is 86.2 Å². The summed E-state index contributed by atoms with van der Waals surface area (Å²) in [6.07, 6.45) is 1.74. The maximum absolute atomic E-state index is 14.0. The molecule has 3 aromatic carbocycles. The Labute approximate surface area is 259 Å². The Morgan fingerprint density at radius 1 is 1.09 bits per heavy atom. The standard InChI is InChI=1S/C32H28BrFN2O6S/c1-5-41-31(38)28-18(2)35-32-36(29(28)22-15-25(39-3)26(40-4)16-23(22)33)30(37)27(43-32)14-19-9-8-11-21(13-19)42-17-20-10-6-7-12-24(20)34/h6-16,29H,5,17H2,1-4H3/b27-14-/t29-/m1/s1. The zero-order valence-corrected chi connectivity index (χ0v) is 26.3. The highest BCUT2D eigenvalue weighted by Crippen LogP contribution is 2.40. The normalized spacial score (nSPS) is 14.7. The van der Waals surface area contributed by atoms with Crippen LogP contribution in [0.5, 0.6) is 17.2 Å². The molecule has 0 bridgehead atoms. The average molecular weight is 668 g/mol. The Bertz CT molecular complexity index is 1920. The molecule has 0 saturated heterocycles. The Morgan fingerprint density at radius 3 is 2.56 bits per heavy atom. The highest BCUT2D eigenvalue weighted by Gasteiger charge is 2.35. The lowest BCUT2D eigenvalue weighted by molar-refractivity contribution is -0.139. The lowest BCUT2D eigenvalue weighted by atomic mass is 9.95. The average Bonchev–Trinajstić information content (AvgIpc) is 3.30. The van der Waals surface area contributed by atoms with Crippen LogP contribution in [0.1, 0.15) is 36.6 Å². The number of methoxy groups -OCH3 is 2. The van der Waals surface area contributed by atoms with Crippen molar-refractivity contribution in [1.82, 2.24) is 4.57 Å². The van der Waals surface area contributed by atoms with Gasteiger partial charge < -0.3 is 18.9 Å². The summed E-state index contributed by atoms with van der Waals surface area (Å²) in [6, 6.07) is 16.2. The number of benzene rings is 3. The van der Waals surface area contributed by atoms with E-state index in [1.807, 2.05) is 6.07 Å². The minimum Gasteiger partial charge on any atom is -0.493 e. The van der Waals surface area contributed by atoms with Crippen LogP contribution in [0.2, 0.25) is 0 Å². The van der Waals surface area contributed by atoms with Crippen molar-refractivity contribution in [2.24, 2.45) is 4.99 Å². The summed E-state index contributed by atoms with van der Waals surface area (Å²) in [4.78, 5) is 32.3. The van der Waals surface area contributed by atoms with E-state index in [4.69, 9.17) is 18.9 Å². The second-order valence-electron chi connectivity index (χ2n) is 9.48. The molecular weight excluding hydrogens is 639 g/mol. The topological polar surface area (TPSA) is 88.4 Å². The van der Waals surface area contributed by atoms with E-state index in [1.54, 1.807) is 68.5 Å². The summed E-state index contributed by atoms with van der Waals surface area (Å²) < 4.78 is 38.8. The first-order valence-corrected chi connectivity index (χ1v) is 14.9. The zero-order chi connectivity index (χ0) is 30.7. The fourth-order valence-corrected chi connectivity index (χ4v) is 6.37. The van der Waals surface area contributed by atoms with Crippen LogP contribution in [0.3, 0.4) is 0 Å². The third-order valence-corrected chi connectivity index (χ3v) is 8.49. The molecule has 1 aliphatic rings. The first-order valence-electron chi connectivity index (χ1n) is 13.3. The van der Waals surface area contributed by atoms with Crippen molar-refractivity contribution >= 4 is 39.3 Å². The number of esters is 1. The van der Waals surface area contributed by atoms with Gasteiger partial charge in [0.15, 0.2) is 16.3 Å². The van der Waals surface area contributed by atoms with Crippen molar-refractivity contribution in [2.45, 2.75) is 26.5 Å². The summed E-state index contributed by atoms with van der Waals surface area (Å²) in [5, 5.41) is 0. The lowest BCUT2D eigenvalue weighted by Crippen LogP contribution is -2.40. The SMILES string of the molecule is CCOC(=O)C1=C(C)N=c2s/c(=C\c3cccc(OCc4ccccc4F)c3)c(=O)n2[C@@H]1c1cc(OC)c(OC)cc1Br. The molecule has 0 unspecified atom stereocenters. The van der Waals surface area contributed by atoms with E-state index < -0.39 is 12.0 Å². The number of allylic oxidation sites excluding steroid dienone is 1. The highest BCUT2D eigenvalue weighted by atomic mass is 79.9. The molecule has 2 heterocycles. The first-order chi connectivity index (χ1) is 20.7. The Balaban J connectivity index is 1.60. The van der Waals surface area contributed by atoms with Crippen molar-refractivity contribution in [3.63, 3.8) is 0 Å². The monoisotopic (exact) mass is 666 g/mol. The fraction of sp³-hybridized carbons (Fsp3) is 0.219. The smallest absolute Gasteiger partial charge is 0.338 e. The zero-order valence-electron chi connectivity index (χ0n) is 23.9. The van der Waals surface area contributed by atoms with Crippen molar-refractivity contribution < 1.29 is 28.1 Å². The number of carbonyl (C=O) groups excluding carboxylic acids is 1. The van der Waals surface area contributed by atoms with Gasteiger partial charge in [0.25, 0.3) is 5.56 Å². The third kappa shape index (κ3) is 6.14. The van der Waals surface area contributed by atoms with E-state index in [9.17, 15) is 14.0 Å². The van der Waals surface area contributed by atoms with Gasteiger partial charge in [-0.1, -0.05) is 57.6 Å². The number of ether oxygens (including phenoxy) is 4. The Hall–Kier alpha value is -4.22. The number of fused-ring (bicyclic) bond motifs is 1. The van der Waals surface area contributed by atoms with Crippen LogP contribution in [0.4, 0.5) is 4.39 Å². The number of hydrogen-bond acceptors (Lipinski definition) is 8. The molecule has 4 aromatic rings. The minimum absolute atomic E-state index is 0.0639. The van der Waals surface area contributed by atoms with Gasteiger partial charge in [0.1, 0.15) is 18.2 Å². The Morgan fingerprint density at radius 2 is 1.84 bits per heavy atom. The van der Waals surface area contributed by atoms with E-state index in [2.05, 4.69) is 20.9 Å². The number of hydrogen-bond donors (Lipinski definition) is 0. The molecule has 0 aliphatic carbocycles. The molecule has 0 radical (unpaired) electrons. The van der Waals surface area contributed by atoms with Crippen LogP contribution < -0.4 is 29.1 Å².